The number of anilines is 2. The fourth-order valence-electron chi connectivity index (χ4n) is 2.47. The zero-order chi connectivity index (χ0) is 14.7. The molecule has 3 N–H and O–H groups in total. The van der Waals surface area contributed by atoms with Crippen LogP contribution in [0.3, 0.4) is 0 Å². The van der Waals surface area contributed by atoms with Crippen LogP contribution in [0.5, 0.6) is 0 Å². The standard InChI is InChI=1S/C13H22N6O/c1-9-12(17-14)15-10(2)16-13(9)18(3)8-11(20)19-6-4-5-7-19/h4-8,14H2,1-3H3,(H,15,16,17). The number of likely N-dealkylation sites (N-methyl/N-ethyl adjacent to an activating group) is 1. The Hall–Kier alpha value is -1.89. The monoisotopic (exact) mass is 278 g/mol. The van der Waals surface area contributed by atoms with Gasteiger partial charge in [0.1, 0.15) is 17.5 Å². The van der Waals surface area contributed by atoms with Gasteiger partial charge in [-0.25, -0.2) is 15.8 Å². The molecular weight excluding hydrogens is 256 g/mol. The number of amides is 1. The zero-order valence-corrected chi connectivity index (χ0v) is 12.3. The molecule has 0 spiro atoms. The molecule has 110 valence electrons. The SMILES string of the molecule is Cc1nc(NN)c(C)c(N(C)CC(=O)N2CCCC2)n1. The van der Waals surface area contributed by atoms with Crippen LogP contribution in [0, 0.1) is 13.8 Å². The highest BCUT2D eigenvalue weighted by molar-refractivity contribution is 5.81. The van der Waals surface area contributed by atoms with Gasteiger partial charge in [0.25, 0.3) is 0 Å². The number of nitrogens with zero attached hydrogens (tertiary/aromatic N) is 4. The topological polar surface area (TPSA) is 87.4 Å². The Balaban J connectivity index is 2.14. The van der Waals surface area contributed by atoms with E-state index in [2.05, 4.69) is 15.4 Å². The van der Waals surface area contributed by atoms with Crippen molar-refractivity contribution in [1.29, 1.82) is 0 Å². The Morgan fingerprint density at radius 1 is 1.35 bits per heavy atom. The summed E-state index contributed by atoms with van der Waals surface area (Å²) in [5, 5.41) is 0. The molecule has 0 radical (unpaired) electrons. The number of nitrogen functional groups attached to an aromatic ring is 1. The molecule has 0 aliphatic carbocycles. The van der Waals surface area contributed by atoms with Gasteiger partial charge in [-0.15, -0.1) is 0 Å². The third-order valence-electron chi connectivity index (χ3n) is 3.56. The molecule has 2 rings (SSSR count). The van der Waals surface area contributed by atoms with Gasteiger partial charge in [0.05, 0.1) is 6.54 Å². The summed E-state index contributed by atoms with van der Waals surface area (Å²) in [5.41, 5.74) is 3.41. The second-order valence-electron chi connectivity index (χ2n) is 5.16. The largest absolute Gasteiger partial charge is 0.350 e. The molecule has 0 atom stereocenters. The number of carbonyl (C=O) groups excluding carboxylic acids is 1. The third kappa shape index (κ3) is 2.98. The highest BCUT2D eigenvalue weighted by atomic mass is 16.2. The fraction of sp³-hybridized carbons (Fsp3) is 0.615. The van der Waals surface area contributed by atoms with Crippen LogP contribution >= 0.6 is 0 Å². The highest BCUT2D eigenvalue weighted by Gasteiger charge is 2.21. The number of nitrogens with one attached hydrogen (secondary N) is 1. The van der Waals surface area contributed by atoms with Crippen molar-refractivity contribution < 1.29 is 4.79 Å². The molecule has 20 heavy (non-hydrogen) atoms. The minimum absolute atomic E-state index is 0.142. The van der Waals surface area contributed by atoms with Gasteiger partial charge in [0.2, 0.25) is 5.91 Å². The number of hydrogen-bond acceptors (Lipinski definition) is 6. The molecule has 2 heterocycles. The van der Waals surface area contributed by atoms with Crippen LogP contribution in [-0.4, -0.2) is 47.5 Å². The summed E-state index contributed by atoms with van der Waals surface area (Å²) in [4.78, 5) is 24.6. The zero-order valence-electron chi connectivity index (χ0n) is 12.3. The van der Waals surface area contributed by atoms with E-state index in [-0.39, 0.29) is 5.91 Å². The van der Waals surface area contributed by atoms with E-state index in [0.29, 0.717) is 18.2 Å². The highest BCUT2D eigenvalue weighted by Crippen LogP contribution is 2.22. The fourth-order valence-corrected chi connectivity index (χ4v) is 2.47. The molecule has 0 saturated carbocycles. The van der Waals surface area contributed by atoms with E-state index in [1.54, 1.807) is 6.92 Å². The molecular formula is C13H22N6O. The molecule has 0 bridgehead atoms. The van der Waals surface area contributed by atoms with Gasteiger partial charge in [-0.2, -0.15) is 0 Å². The Kier molecular flexibility index (Phi) is 4.39. The quantitative estimate of drug-likeness (QED) is 0.614. The van der Waals surface area contributed by atoms with Crippen molar-refractivity contribution >= 4 is 17.5 Å². The predicted octanol–water partition coefficient (Wildman–Crippen LogP) is 0.438. The number of aryl methyl sites for hydroxylation is 1. The van der Waals surface area contributed by atoms with E-state index in [9.17, 15) is 4.79 Å². The van der Waals surface area contributed by atoms with Crippen molar-refractivity contribution in [1.82, 2.24) is 14.9 Å². The van der Waals surface area contributed by atoms with Crippen molar-refractivity contribution in [2.45, 2.75) is 26.7 Å². The van der Waals surface area contributed by atoms with Gasteiger partial charge in [-0.1, -0.05) is 0 Å². The first-order valence-corrected chi connectivity index (χ1v) is 6.83. The van der Waals surface area contributed by atoms with Crippen LogP contribution < -0.4 is 16.2 Å². The third-order valence-corrected chi connectivity index (χ3v) is 3.56. The van der Waals surface area contributed by atoms with Gasteiger partial charge in [-0.3, -0.25) is 4.79 Å². The van der Waals surface area contributed by atoms with Crippen LogP contribution in [0.1, 0.15) is 24.2 Å². The normalized spacial score (nSPS) is 14.5. The molecule has 7 nitrogen and oxygen atoms in total. The maximum absolute atomic E-state index is 12.2. The van der Waals surface area contributed by atoms with Crippen LogP contribution in [0.4, 0.5) is 11.6 Å². The maximum Gasteiger partial charge on any atom is 0.242 e. The van der Waals surface area contributed by atoms with E-state index in [4.69, 9.17) is 5.84 Å². The summed E-state index contributed by atoms with van der Waals surface area (Å²) >= 11 is 0. The Bertz CT molecular complexity index is 498. The molecule has 1 saturated heterocycles. The molecule has 0 aromatic carbocycles. The lowest BCUT2D eigenvalue weighted by Crippen LogP contribution is -2.38. The molecule has 1 aromatic rings. The van der Waals surface area contributed by atoms with Crippen molar-refractivity contribution in [2.75, 3.05) is 37.0 Å². The summed E-state index contributed by atoms with van der Waals surface area (Å²) in [6, 6.07) is 0. The van der Waals surface area contributed by atoms with Crippen LogP contribution in [0.2, 0.25) is 0 Å². The number of aromatic nitrogens is 2. The number of likely N-dealkylation sites (tertiary alicyclic amines) is 1. The Labute approximate surface area is 119 Å². The van der Waals surface area contributed by atoms with Crippen LogP contribution in [0.15, 0.2) is 0 Å². The van der Waals surface area contributed by atoms with Crippen molar-refractivity contribution in [3.8, 4) is 0 Å². The average molecular weight is 278 g/mol. The van der Waals surface area contributed by atoms with E-state index >= 15 is 0 Å². The van der Waals surface area contributed by atoms with Crippen molar-refractivity contribution in [3.05, 3.63) is 11.4 Å². The molecule has 0 unspecified atom stereocenters. The Morgan fingerprint density at radius 3 is 2.60 bits per heavy atom. The molecule has 1 aromatic heterocycles. The molecule has 1 aliphatic heterocycles. The summed E-state index contributed by atoms with van der Waals surface area (Å²) in [6.45, 7) is 5.75. The average Bonchev–Trinajstić information content (AvgIpc) is 2.94. The number of rotatable bonds is 4. The van der Waals surface area contributed by atoms with Gasteiger partial charge >= 0.3 is 0 Å². The van der Waals surface area contributed by atoms with E-state index in [1.807, 2.05) is 23.8 Å². The first kappa shape index (κ1) is 14.5. The summed E-state index contributed by atoms with van der Waals surface area (Å²) in [5.74, 6) is 7.55. The van der Waals surface area contributed by atoms with Crippen LogP contribution in [-0.2, 0) is 4.79 Å². The summed E-state index contributed by atoms with van der Waals surface area (Å²) < 4.78 is 0. The van der Waals surface area contributed by atoms with Gasteiger partial charge < -0.3 is 15.2 Å². The van der Waals surface area contributed by atoms with Crippen molar-refractivity contribution in [2.24, 2.45) is 5.84 Å². The second-order valence-corrected chi connectivity index (χ2v) is 5.16. The molecule has 7 heteroatoms. The first-order chi connectivity index (χ1) is 9.52. The maximum atomic E-state index is 12.2. The minimum Gasteiger partial charge on any atom is -0.350 e. The molecule has 1 amide bonds. The minimum atomic E-state index is 0.142. The lowest BCUT2D eigenvalue weighted by molar-refractivity contribution is -0.128. The predicted molar refractivity (Wildman–Crippen MR) is 78.4 cm³/mol. The number of hydrazine groups is 1. The smallest absolute Gasteiger partial charge is 0.242 e. The van der Waals surface area contributed by atoms with Gasteiger partial charge in [0.15, 0.2) is 0 Å². The lowest BCUT2D eigenvalue weighted by Gasteiger charge is -2.24. The first-order valence-electron chi connectivity index (χ1n) is 6.83. The molecule has 1 fully saturated rings. The van der Waals surface area contributed by atoms with E-state index < -0.39 is 0 Å². The van der Waals surface area contributed by atoms with Gasteiger partial charge in [0, 0.05) is 25.7 Å². The van der Waals surface area contributed by atoms with Gasteiger partial charge in [-0.05, 0) is 26.7 Å². The number of nitrogens with two attached hydrogens (primary N) is 1. The van der Waals surface area contributed by atoms with Crippen molar-refractivity contribution in [3.63, 3.8) is 0 Å². The van der Waals surface area contributed by atoms with Crippen LogP contribution in [0.25, 0.3) is 0 Å². The number of hydrogen-bond donors (Lipinski definition) is 2. The number of carbonyl (C=O) groups is 1. The lowest BCUT2D eigenvalue weighted by atomic mass is 10.3. The van der Waals surface area contributed by atoms with E-state index in [1.165, 1.54) is 0 Å². The second kappa shape index (κ2) is 6.04. The Morgan fingerprint density at radius 2 is 2.00 bits per heavy atom. The van der Waals surface area contributed by atoms with E-state index in [0.717, 1.165) is 37.3 Å². The summed E-state index contributed by atoms with van der Waals surface area (Å²) in [6.07, 6.45) is 2.20. The molecule has 1 aliphatic rings. The summed E-state index contributed by atoms with van der Waals surface area (Å²) in [7, 11) is 1.86.